The zero-order chi connectivity index (χ0) is 14.9. The van der Waals surface area contributed by atoms with E-state index in [9.17, 15) is 0 Å². The molecule has 0 bridgehead atoms. The highest BCUT2D eigenvalue weighted by atomic mass is 16.5. The van der Waals surface area contributed by atoms with Crippen molar-refractivity contribution < 1.29 is 4.74 Å². The predicted molar refractivity (Wildman–Crippen MR) is 80.9 cm³/mol. The van der Waals surface area contributed by atoms with Crippen LogP contribution in [-0.2, 0) is 7.05 Å². The third-order valence-electron chi connectivity index (χ3n) is 3.49. The molecule has 0 saturated carbocycles. The zero-order valence-corrected chi connectivity index (χ0v) is 12.8. The lowest BCUT2D eigenvalue weighted by Gasteiger charge is -2.19. The van der Waals surface area contributed by atoms with E-state index in [1.807, 2.05) is 63.7 Å². The lowest BCUT2D eigenvalue weighted by atomic mass is 9.97. The Hall–Kier alpha value is -1.81. The van der Waals surface area contributed by atoms with Crippen LogP contribution in [0.5, 0.6) is 5.75 Å². The van der Waals surface area contributed by atoms with E-state index in [0.717, 1.165) is 28.3 Å². The van der Waals surface area contributed by atoms with Crippen molar-refractivity contribution >= 4 is 0 Å². The van der Waals surface area contributed by atoms with Crippen LogP contribution in [0.25, 0.3) is 0 Å². The molecule has 1 heterocycles. The largest absolute Gasteiger partial charge is 0.491 e. The third kappa shape index (κ3) is 2.70. The van der Waals surface area contributed by atoms with Gasteiger partial charge in [0.2, 0.25) is 0 Å². The van der Waals surface area contributed by atoms with Crippen LogP contribution in [-0.4, -0.2) is 15.9 Å². The van der Waals surface area contributed by atoms with E-state index in [0.29, 0.717) is 0 Å². The smallest absolute Gasteiger partial charge is 0.124 e. The number of benzene rings is 1. The summed E-state index contributed by atoms with van der Waals surface area (Å²) in [6, 6.07) is 7.73. The first-order chi connectivity index (χ1) is 9.41. The molecule has 2 aromatic rings. The quantitative estimate of drug-likeness (QED) is 0.932. The second-order valence-corrected chi connectivity index (χ2v) is 5.39. The highest BCUT2D eigenvalue weighted by Gasteiger charge is 2.21. The molecule has 108 valence electrons. The van der Waals surface area contributed by atoms with E-state index in [1.165, 1.54) is 0 Å². The number of hydrogen-bond donors (Lipinski definition) is 1. The molecule has 0 aliphatic heterocycles. The highest BCUT2D eigenvalue weighted by molar-refractivity contribution is 5.43. The van der Waals surface area contributed by atoms with E-state index < -0.39 is 0 Å². The lowest BCUT2D eigenvalue weighted by Crippen LogP contribution is -2.17. The number of para-hydroxylation sites is 1. The fraction of sp³-hybridized carbons (Fsp3) is 0.438. The molecule has 0 radical (unpaired) electrons. The standard InChI is InChI=1S/C16H23N3O/c1-10(2)20-14-9-7-6-8-13(14)16(17)15-11(3)18-19(5)12(15)4/h6-10,16H,17H2,1-5H3. The summed E-state index contributed by atoms with van der Waals surface area (Å²) in [4.78, 5) is 0. The Kier molecular flexibility index (Phi) is 4.14. The van der Waals surface area contributed by atoms with E-state index in [2.05, 4.69) is 5.10 Å². The van der Waals surface area contributed by atoms with Gasteiger partial charge in [-0.1, -0.05) is 18.2 Å². The molecule has 0 fully saturated rings. The summed E-state index contributed by atoms with van der Waals surface area (Å²) in [6.07, 6.45) is 0.124. The van der Waals surface area contributed by atoms with Gasteiger partial charge in [0, 0.05) is 23.9 Å². The van der Waals surface area contributed by atoms with Crippen LogP contribution in [0.2, 0.25) is 0 Å². The normalized spacial score (nSPS) is 12.8. The SMILES string of the molecule is Cc1nn(C)c(C)c1C(N)c1ccccc1OC(C)C. The van der Waals surface area contributed by atoms with Crippen LogP contribution >= 0.6 is 0 Å². The van der Waals surface area contributed by atoms with Gasteiger partial charge < -0.3 is 10.5 Å². The molecule has 0 amide bonds. The van der Waals surface area contributed by atoms with Crippen LogP contribution in [0.1, 0.15) is 42.4 Å². The van der Waals surface area contributed by atoms with E-state index >= 15 is 0 Å². The topological polar surface area (TPSA) is 53.1 Å². The molecule has 0 spiro atoms. The summed E-state index contributed by atoms with van der Waals surface area (Å²) < 4.78 is 7.74. The first-order valence-electron chi connectivity index (χ1n) is 6.93. The maximum Gasteiger partial charge on any atom is 0.124 e. The Balaban J connectivity index is 2.45. The fourth-order valence-corrected chi connectivity index (χ4v) is 2.49. The molecular weight excluding hydrogens is 250 g/mol. The Morgan fingerprint density at radius 2 is 1.85 bits per heavy atom. The van der Waals surface area contributed by atoms with Crippen LogP contribution in [0.3, 0.4) is 0 Å². The van der Waals surface area contributed by atoms with Gasteiger partial charge in [0.25, 0.3) is 0 Å². The molecule has 2 rings (SSSR count). The molecular formula is C16H23N3O. The van der Waals surface area contributed by atoms with E-state index in [-0.39, 0.29) is 12.1 Å². The van der Waals surface area contributed by atoms with Gasteiger partial charge in [-0.15, -0.1) is 0 Å². The van der Waals surface area contributed by atoms with Crippen molar-refractivity contribution in [1.29, 1.82) is 0 Å². The molecule has 4 heteroatoms. The second-order valence-electron chi connectivity index (χ2n) is 5.39. The van der Waals surface area contributed by atoms with Gasteiger partial charge >= 0.3 is 0 Å². The van der Waals surface area contributed by atoms with Crippen LogP contribution in [0.15, 0.2) is 24.3 Å². The minimum Gasteiger partial charge on any atom is -0.491 e. The summed E-state index contributed by atoms with van der Waals surface area (Å²) in [5.74, 6) is 0.845. The van der Waals surface area contributed by atoms with Crippen molar-refractivity contribution in [3.63, 3.8) is 0 Å². The van der Waals surface area contributed by atoms with Crippen LogP contribution in [0, 0.1) is 13.8 Å². The van der Waals surface area contributed by atoms with Gasteiger partial charge in [-0.25, -0.2) is 0 Å². The van der Waals surface area contributed by atoms with Crippen molar-refractivity contribution in [2.75, 3.05) is 0 Å². The minimum absolute atomic E-state index is 0.124. The van der Waals surface area contributed by atoms with Gasteiger partial charge in [-0.05, 0) is 33.8 Å². The fourth-order valence-electron chi connectivity index (χ4n) is 2.49. The molecule has 0 aliphatic rings. The number of nitrogens with zero attached hydrogens (tertiary/aromatic N) is 2. The van der Waals surface area contributed by atoms with Crippen molar-refractivity contribution in [2.24, 2.45) is 12.8 Å². The predicted octanol–water partition coefficient (Wildman–Crippen LogP) is 2.87. The summed E-state index contributed by atoms with van der Waals surface area (Å²) in [6.45, 7) is 8.07. The molecule has 1 aromatic heterocycles. The van der Waals surface area contributed by atoms with Crippen LogP contribution < -0.4 is 10.5 Å². The summed E-state index contributed by atoms with van der Waals surface area (Å²) in [5, 5.41) is 4.44. The van der Waals surface area contributed by atoms with Crippen molar-refractivity contribution in [1.82, 2.24) is 9.78 Å². The van der Waals surface area contributed by atoms with Crippen LogP contribution in [0.4, 0.5) is 0 Å². The lowest BCUT2D eigenvalue weighted by molar-refractivity contribution is 0.239. The number of ether oxygens (including phenoxy) is 1. The van der Waals surface area contributed by atoms with Gasteiger partial charge in [0.15, 0.2) is 0 Å². The first-order valence-corrected chi connectivity index (χ1v) is 6.93. The molecule has 1 aromatic carbocycles. The number of rotatable bonds is 4. The Labute approximate surface area is 120 Å². The average Bonchev–Trinajstić information content (AvgIpc) is 2.62. The molecule has 1 atom stereocenters. The maximum absolute atomic E-state index is 6.47. The number of aromatic nitrogens is 2. The molecule has 0 saturated heterocycles. The molecule has 20 heavy (non-hydrogen) atoms. The maximum atomic E-state index is 6.47. The van der Waals surface area contributed by atoms with Gasteiger partial charge in [0.05, 0.1) is 17.8 Å². The zero-order valence-electron chi connectivity index (χ0n) is 12.8. The molecule has 0 aliphatic carbocycles. The summed E-state index contributed by atoms with van der Waals surface area (Å²) in [7, 11) is 1.94. The van der Waals surface area contributed by atoms with E-state index in [4.69, 9.17) is 10.5 Å². The number of nitrogens with two attached hydrogens (primary N) is 1. The van der Waals surface area contributed by atoms with Gasteiger partial charge in [0.1, 0.15) is 5.75 Å². The number of aryl methyl sites for hydroxylation is 2. The molecule has 4 nitrogen and oxygen atoms in total. The van der Waals surface area contributed by atoms with Crippen molar-refractivity contribution in [3.05, 3.63) is 46.8 Å². The Morgan fingerprint density at radius 3 is 2.40 bits per heavy atom. The summed E-state index contributed by atoms with van der Waals surface area (Å²) in [5.41, 5.74) is 10.6. The second kappa shape index (κ2) is 5.67. The highest BCUT2D eigenvalue weighted by Crippen LogP contribution is 2.31. The Morgan fingerprint density at radius 1 is 1.20 bits per heavy atom. The van der Waals surface area contributed by atoms with E-state index in [1.54, 1.807) is 0 Å². The minimum atomic E-state index is -0.223. The van der Waals surface area contributed by atoms with Crippen molar-refractivity contribution in [2.45, 2.75) is 39.8 Å². The molecule has 2 N–H and O–H groups in total. The monoisotopic (exact) mass is 273 g/mol. The molecule has 1 unspecified atom stereocenters. The third-order valence-corrected chi connectivity index (χ3v) is 3.49. The summed E-state index contributed by atoms with van der Waals surface area (Å²) >= 11 is 0. The van der Waals surface area contributed by atoms with Crippen molar-refractivity contribution in [3.8, 4) is 5.75 Å². The number of hydrogen-bond acceptors (Lipinski definition) is 3. The van der Waals surface area contributed by atoms with Gasteiger partial charge in [-0.2, -0.15) is 5.10 Å². The Bertz CT molecular complexity index is 602. The first kappa shape index (κ1) is 14.6. The average molecular weight is 273 g/mol. The van der Waals surface area contributed by atoms with Gasteiger partial charge in [-0.3, -0.25) is 4.68 Å².